The van der Waals surface area contributed by atoms with Crippen LogP contribution in [0.4, 0.5) is 5.69 Å². The Morgan fingerprint density at radius 1 is 1.18 bits per heavy atom. The van der Waals surface area contributed by atoms with Crippen molar-refractivity contribution in [3.05, 3.63) is 65.6 Å². The maximum Gasteiger partial charge on any atom is 0.266 e. The number of fused-ring (bicyclic) bond motifs is 1. The van der Waals surface area contributed by atoms with E-state index in [0.717, 1.165) is 47.6 Å². The number of carbonyl (C=O) groups excluding carboxylic acids is 1. The van der Waals surface area contributed by atoms with Crippen molar-refractivity contribution >= 4 is 11.6 Å². The molecule has 2 aromatic carbocycles. The lowest BCUT2D eigenvalue weighted by Gasteiger charge is -2.08. The molecule has 0 saturated heterocycles. The SMILES string of the molecule is COc1ccc(-c2c[n+](CC(=O)Nc3ccc(C)cc3C)c3n2CCC3)cc1. The Hall–Kier alpha value is -3.08. The van der Waals surface area contributed by atoms with Crippen LogP contribution in [0.15, 0.2) is 48.7 Å². The topological polar surface area (TPSA) is 47.1 Å². The van der Waals surface area contributed by atoms with Crippen LogP contribution >= 0.6 is 0 Å². The number of nitrogens with zero attached hydrogens (tertiary/aromatic N) is 2. The highest BCUT2D eigenvalue weighted by Gasteiger charge is 2.29. The van der Waals surface area contributed by atoms with Crippen LogP contribution in [0, 0.1) is 13.8 Å². The fourth-order valence-corrected chi connectivity index (χ4v) is 3.94. The number of rotatable bonds is 5. The van der Waals surface area contributed by atoms with Crippen molar-refractivity contribution in [2.45, 2.75) is 39.8 Å². The van der Waals surface area contributed by atoms with Crippen molar-refractivity contribution in [1.29, 1.82) is 0 Å². The van der Waals surface area contributed by atoms with Crippen LogP contribution in [-0.2, 0) is 24.3 Å². The number of anilines is 1. The minimum absolute atomic E-state index is 0.00136. The molecular formula is C23H26N3O2+. The molecule has 28 heavy (non-hydrogen) atoms. The maximum atomic E-state index is 12.7. The number of aromatic nitrogens is 2. The zero-order chi connectivity index (χ0) is 19.7. The van der Waals surface area contributed by atoms with Crippen LogP contribution < -0.4 is 14.6 Å². The third kappa shape index (κ3) is 3.52. The minimum Gasteiger partial charge on any atom is -0.497 e. The normalized spacial score (nSPS) is 12.7. The zero-order valence-corrected chi connectivity index (χ0v) is 16.7. The molecule has 144 valence electrons. The second-order valence-corrected chi connectivity index (χ2v) is 7.41. The molecule has 3 aromatic rings. The molecule has 1 N–H and O–H groups in total. The summed E-state index contributed by atoms with van der Waals surface area (Å²) >= 11 is 0. The van der Waals surface area contributed by atoms with Crippen molar-refractivity contribution in [3.63, 3.8) is 0 Å². The van der Waals surface area contributed by atoms with Crippen molar-refractivity contribution in [2.24, 2.45) is 0 Å². The van der Waals surface area contributed by atoms with Crippen LogP contribution in [-0.4, -0.2) is 17.6 Å². The molecule has 0 saturated carbocycles. The first-order valence-electron chi connectivity index (χ1n) is 9.68. The molecular weight excluding hydrogens is 350 g/mol. The van der Waals surface area contributed by atoms with E-state index >= 15 is 0 Å². The van der Waals surface area contributed by atoms with Gasteiger partial charge in [0, 0.05) is 11.3 Å². The lowest BCUT2D eigenvalue weighted by molar-refractivity contribution is -0.690. The number of methoxy groups -OCH3 is 1. The third-order valence-corrected chi connectivity index (χ3v) is 5.35. The Kier molecular flexibility index (Phi) is 4.90. The van der Waals surface area contributed by atoms with Gasteiger partial charge in [0.15, 0.2) is 12.2 Å². The summed E-state index contributed by atoms with van der Waals surface area (Å²) in [6, 6.07) is 14.2. The van der Waals surface area contributed by atoms with E-state index in [1.165, 1.54) is 11.4 Å². The van der Waals surface area contributed by atoms with E-state index in [1.807, 2.05) is 31.2 Å². The van der Waals surface area contributed by atoms with Gasteiger partial charge in [-0.2, -0.15) is 0 Å². The van der Waals surface area contributed by atoms with Gasteiger partial charge in [-0.15, -0.1) is 0 Å². The summed E-state index contributed by atoms with van der Waals surface area (Å²) in [5, 5.41) is 3.06. The molecule has 1 aromatic heterocycles. The molecule has 0 aliphatic carbocycles. The first-order valence-corrected chi connectivity index (χ1v) is 9.68. The van der Waals surface area contributed by atoms with E-state index in [-0.39, 0.29) is 5.91 Å². The number of nitrogens with one attached hydrogen (secondary N) is 1. The van der Waals surface area contributed by atoms with Gasteiger partial charge in [-0.05, 0) is 56.2 Å². The van der Waals surface area contributed by atoms with Crippen molar-refractivity contribution in [3.8, 4) is 17.0 Å². The summed E-state index contributed by atoms with van der Waals surface area (Å²) in [6.45, 7) is 5.38. The van der Waals surface area contributed by atoms with Crippen LogP contribution in [0.3, 0.4) is 0 Å². The van der Waals surface area contributed by atoms with E-state index in [1.54, 1.807) is 7.11 Å². The predicted octanol–water partition coefficient (Wildman–Crippen LogP) is 3.65. The number of amides is 1. The highest BCUT2D eigenvalue weighted by atomic mass is 16.5. The number of aryl methyl sites for hydroxylation is 2. The summed E-state index contributed by atoms with van der Waals surface area (Å²) in [6.07, 6.45) is 4.20. The molecule has 0 bridgehead atoms. The molecule has 1 amide bonds. The molecule has 1 aliphatic heterocycles. The molecule has 0 atom stereocenters. The lowest BCUT2D eigenvalue weighted by atomic mass is 10.1. The summed E-state index contributed by atoms with van der Waals surface area (Å²) in [5.41, 5.74) is 5.44. The smallest absolute Gasteiger partial charge is 0.266 e. The fourth-order valence-electron chi connectivity index (χ4n) is 3.94. The van der Waals surface area contributed by atoms with Gasteiger partial charge in [0.1, 0.15) is 11.9 Å². The Bertz CT molecular complexity index is 1020. The molecule has 0 fully saturated rings. The Balaban J connectivity index is 1.57. The van der Waals surface area contributed by atoms with Gasteiger partial charge in [0.25, 0.3) is 11.7 Å². The third-order valence-electron chi connectivity index (χ3n) is 5.35. The number of benzene rings is 2. The molecule has 2 heterocycles. The summed E-state index contributed by atoms with van der Waals surface area (Å²) in [7, 11) is 1.67. The van der Waals surface area contributed by atoms with Crippen molar-refractivity contribution in [1.82, 2.24) is 4.57 Å². The fraction of sp³-hybridized carbons (Fsp3) is 0.304. The number of ether oxygens (including phenoxy) is 1. The highest BCUT2D eigenvalue weighted by Crippen LogP contribution is 2.26. The standard InChI is InChI=1S/C23H25N3O2/c1-16-6-11-20(17(2)13-16)24-22(27)15-25-14-21(26-12-4-5-23(25)26)18-7-9-19(28-3)10-8-18/h6-11,13-14H,4-5,12,15H2,1-3H3/p+1. The molecule has 5 heteroatoms. The summed E-state index contributed by atoms with van der Waals surface area (Å²) in [5.74, 6) is 2.05. The first-order chi connectivity index (χ1) is 13.5. The largest absolute Gasteiger partial charge is 0.497 e. The average molecular weight is 376 g/mol. The van der Waals surface area contributed by atoms with E-state index in [4.69, 9.17) is 4.74 Å². The van der Waals surface area contributed by atoms with Gasteiger partial charge in [0.2, 0.25) is 0 Å². The number of hydrogen-bond donors (Lipinski definition) is 1. The first kappa shape index (κ1) is 18.3. The maximum absolute atomic E-state index is 12.7. The van der Waals surface area contributed by atoms with Gasteiger partial charge in [-0.25, -0.2) is 9.13 Å². The molecule has 0 unspecified atom stereocenters. The summed E-state index contributed by atoms with van der Waals surface area (Å²) < 4.78 is 9.68. The Morgan fingerprint density at radius 3 is 2.68 bits per heavy atom. The average Bonchev–Trinajstić information content (AvgIpc) is 3.28. The number of hydrogen-bond acceptors (Lipinski definition) is 2. The van der Waals surface area contributed by atoms with Gasteiger partial charge >= 0.3 is 0 Å². The van der Waals surface area contributed by atoms with Crippen LogP contribution in [0.2, 0.25) is 0 Å². The van der Waals surface area contributed by atoms with Crippen LogP contribution in [0.1, 0.15) is 23.4 Å². The number of imidazole rings is 1. The number of carbonyl (C=O) groups is 1. The lowest BCUT2D eigenvalue weighted by Crippen LogP contribution is -2.42. The molecule has 0 radical (unpaired) electrons. The second kappa shape index (κ2) is 7.50. The van der Waals surface area contributed by atoms with E-state index < -0.39 is 0 Å². The van der Waals surface area contributed by atoms with E-state index in [0.29, 0.717) is 6.54 Å². The van der Waals surface area contributed by atoms with Crippen molar-refractivity contribution in [2.75, 3.05) is 12.4 Å². The van der Waals surface area contributed by atoms with Crippen LogP contribution in [0.5, 0.6) is 5.75 Å². The minimum atomic E-state index is -0.00136. The van der Waals surface area contributed by atoms with Crippen molar-refractivity contribution < 1.29 is 14.1 Å². The van der Waals surface area contributed by atoms with Gasteiger partial charge in [-0.3, -0.25) is 4.79 Å². The molecule has 0 spiro atoms. The van der Waals surface area contributed by atoms with Gasteiger partial charge in [0.05, 0.1) is 20.1 Å². The zero-order valence-electron chi connectivity index (χ0n) is 16.7. The summed E-state index contributed by atoms with van der Waals surface area (Å²) in [4.78, 5) is 12.7. The Labute approximate surface area is 165 Å². The molecule has 4 rings (SSSR count). The predicted molar refractivity (Wildman–Crippen MR) is 109 cm³/mol. The Morgan fingerprint density at radius 2 is 1.96 bits per heavy atom. The van der Waals surface area contributed by atoms with Gasteiger partial charge < -0.3 is 10.1 Å². The molecule has 1 aliphatic rings. The second-order valence-electron chi connectivity index (χ2n) is 7.41. The monoisotopic (exact) mass is 376 g/mol. The van der Waals surface area contributed by atoms with Gasteiger partial charge in [-0.1, -0.05) is 17.7 Å². The van der Waals surface area contributed by atoms with Crippen LogP contribution in [0.25, 0.3) is 11.3 Å². The van der Waals surface area contributed by atoms with E-state index in [2.05, 4.69) is 45.8 Å². The van der Waals surface area contributed by atoms with E-state index in [9.17, 15) is 4.79 Å². The molecule has 5 nitrogen and oxygen atoms in total. The highest BCUT2D eigenvalue weighted by molar-refractivity contribution is 5.90. The quantitative estimate of drug-likeness (QED) is 0.691.